The van der Waals surface area contributed by atoms with Crippen molar-refractivity contribution in [1.82, 2.24) is 30.6 Å². The zero-order chi connectivity index (χ0) is 40.5. The highest BCUT2D eigenvalue weighted by atomic mass is 35.5. The number of rotatable bonds is 9. The quantitative estimate of drug-likeness (QED) is 0.300. The maximum Gasteiger partial charge on any atom is 0.272 e. The number of hydrogen-bond acceptors (Lipinski definition) is 12. The topological polar surface area (TPSA) is 181 Å². The Hall–Kier alpha value is -5.66. The molecule has 1 aromatic heterocycles. The fourth-order valence-corrected chi connectivity index (χ4v) is 8.87. The first-order valence-corrected chi connectivity index (χ1v) is 20.2. The minimum atomic E-state index is -1.10. The summed E-state index contributed by atoms with van der Waals surface area (Å²) in [5.41, 5.74) is 0.931. The fourth-order valence-electron chi connectivity index (χ4n) is 8.65. The number of piperazine rings is 1. The van der Waals surface area contributed by atoms with Gasteiger partial charge in [-0.05, 0) is 87.3 Å². The van der Waals surface area contributed by atoms with Gasteiger partial charge in [0.2, 0.25) is 11.8 Å². The SMILES string of the molecule is N#Cc1ccc(O[C@H]2CC[C@H](NC(=O)c3ccc(N4CCC(CN5CCN(c6cc7c(cc6F)C(=O)N([C@H]6CCC(=O)NC6=O)C7=O)CC5)CC4)nn3)CC2)cc1Cl. The second-order valence-corrected chi connectivity index (χ2v) is 16.0. The minimum Gasteiger partial charge on any atom is -0.490 e. The van der Waals surface area contributed by atoms with Crippen molar-refractivity contribution >= 4 is 52.6 Å². The molecule has 0 bridgehead atoms. The average Bonchev–Trinajstić information content (AvgIpc) is 3.46. The number of aromatic nitrogens is 2. The smallest absolute Gasteiger partial charge is 0.272 e. The van der Waals surface area contributed by atoms with Crippen molar-refractivity contribution in [2.24, 2.45) is 5.92 Å². The van der Waals surface area contributed by atoms with E-state index >= 15 is 4.39 Å². The predicted octanol–water partition coefficient (Wildman–Crippen LogP) is 3.70. The Morgan fingerprint density at radius 2 is 1.60 bits per heavy atom. The zero-order valence-electron chi connectivity index (χ0n) is 31.8. The van der Waals surface area contributed by atoms with Gasteiger partial charge in [-0.2, -0.15) is 5.26 Å². The largest absolute Gasteiger partial charge is 0.490 e. The minimum absolute atomic E-state index is 0.00529. The molecule has 3 aromatic rings. The van der Waals surface area contributed by atoms with E-state index in [1.807, 2.05) is 17.0 Å². The van der Waals surface area contributed by atoms with Gasteiger partial charge in [0, 0.05) is 64.3 Å². The van der Waals surface area contributed by atoms with Crippen LogP contribution in [0.3, 0.4) is 0 Å². The summed E-state index contributed by atoms with van der Waals surface area (Å²) in [7, 11) is 0. The molecule has 1 saturated carbocycles. The number of halogens is 2. The molecule has 2 N–H and O–H groups in total. The molecule has 58 heavy (non-hydrogen) atoms. The Morgan fingerprint density at radius 3 is 2.26 bits per heavy atom. The van der Waals surface area contributed by atoms with Crippen molar-refractivity contribution in [3.63, 3.8) is 0 Å². The van der Waals surface area contributed by atoms with Crippen molar-refractivity contribution in [3.8, 4) is 11.8 Å². The molecule has 17 heteroatoms. The Labute approximate surface area is 339 Å². The molecule has 5 heterocycles. The molecule has 1 aliphatic carbocycles. The number of carbonyl (C=O) groups excluding carboxylic acids is 5. The summed E-state index contributed by atoms with van der Waals surface area (Å²) in [4.78, 5) is 70.7. The van der Waals surface area contributed by atoms with E-state index in [4.69, 9.17) is 21.6 Å². The first-order valence-electron chi connectivity index (χ1n) is 19.8. The molecular formula is C41H43ClFN9O6. The fraction of sp³-hybridized carbons (Fsp3) is 0.463. The number of benzene rings is 2. The van der Waals surface area contributed by atoms with Crippen LogP contribution in [-0.4, -0.2) is 114 Å². The molecule has 0 spiro atoms. The van der Waals surface area contributed by atoms with E-state index in [-0.39, 0.29) is 53.4 Å². The number of amides is 5. The third kappa shape index (κ3) is 8.19. The normalized spacial score (nSPS) is 23.1. The molecule has 15 nitrogen and oxygen atoms in total. The van der Waals surface area contributed by atoms with E-state index in [1.165, 1.54) is 6.07 Å². The lowest BCUT2D eigenvalue weighted by atomic mass is 9.93. The molecule has 3 saturated heterocycles. The summed E-state index contributed by atoms with van der Waals surface area (Å²) in [5, 5.41) is 23.4. The summed E-state index contributed by atoms with van der Waals surface area (Å²) in [6, 6.07) is 12.1. The highest BCUT2D eigenvalue weighted by Gasteiger charge is 2.45. The van der Waals surface area contributed by atoms with Gasteiger partial charge in [0.15, 0.2) is 11.5 Å². The summed E-state index contributed by atoms with van der Waals surface area (Å²) in [5.74, 6) is -1.55. The van der Waals surface area contributed by atoms with Gasteiger partial charge in [-0.3, -0.25) is 39.1 Å². The molecular weight excluding hydrogens is 769 g/mol. The van der Waals surface area contributed by atoms with Gasteiger partial charge >= 0.3 is 0 Å². The second-order valence-electron chi connectivity index (χ2n) is 15.6. The van der Waals surface area contributed by atoms with E-state index in [1.54, 1.807) is 24.3 Å². The van der Waals surface area contributed by atoms with Crippen LogP contribution in [0.25, 0.3) is 0 Å². The number of anilines is 2. The molecule has 1 atom stereocenters. The van der Waals surface area contributed by atoms with Crippen LogP contribution in [0, 0.1) is 23.1 Å². The summed E-state index contributed by atoms with van der Waals surface area (Å²) >= 11 is 6.14. The number of carbonyl (C=O) groups is 5. The molecule has 4 aliphatic heterocycles. The summed E-state index contributed by atoms with van der Waals surface area (Å²) in [6.45, 7) is 5.06. The molecule has 0 unspecified atom stereocenters. The molecule has 5 amide bonds. The van der Waals surface area contributed by atoms with Crippen molar-refractivity contribution < 1.29 is 33.1 Å². The van der Waals surface area contributed by atoms with Crippen LogP contribution in [0.1, 0.15) is 88.1 Å². The number of imide groups is 2. The third-order valence-corrected chi connectivity index (χ3v) is 12.2. The molecule has 5 aliphatic rings. The van der Waals surface area contributed by atoms with Gasteiger partial charge in [0.1, 0.15) is 23.7 Å². The summed E-state index contributed by atoms with van der Waals surface area (Å²) in [6.07, 6.45) is 5.07. The standard InChI is InChI=1S/C41H43ClFN9O6/c42-31-19-28(4-1-25(31)22-44)58-27-5-2-26(3-6-27)45-38(54)33-7-9-36(48-47-33)51-13-11-24(12-14-51)23-49-15-17-50(18-16-49)35-21-30-29(20-32(35)43)40(56)52(41(30)57)34-8-10-37(53)46-39(34)55/h1,4,7,9,19-21,24,26-27,34H,2-3,5-6,8,10-18,23H2,(H,45,54)(H,46,53,55)/t26-,27-,34-/m0/s1. The van der Waals surface area contributed by atoms with Gasteiger partial charge in [0.05, 0.1) is 33.5 Å². The third-order valence-electron chi connectivity index (χ3n) is 11.9. The molecule has 302 valence electrons. The van der Waals surface area contributed by atoms with Crippen molar-refractivity contribution in [1.29, 1.82) is 5.26 Å². The summed E-state index contributed by atoms with van der Waals surface area (Å²) < 4.78 is 21.5. The van der Waals surface area contributed by atoms with Crippen LogP contribution in [0.5, 0.6) is 5.75 Å². The van der Waals surface area contributed by atoms with E-state index in [2.05, 4.69) is 30.6 Å². The molecule has 2 aromatic carbocycles. The first kappa shape index (κ1) is 39.2. The van der Waals surface area contributed by atoms with Crippen molar-refractivity contribution in [3.05, 3.63) is 75.7 Å². The number of nitrogens with one attached hydrogen (secondary N) is 2. The van der Waals surface area contributed by atoms with Gasteiger partial charge in [-0.25, -0.2) is 4.39 Å². The monoisotopic (exact) mass is 811 g/mol. The predicted molar refractivity (Wildman–Crippen MR) is 209 cm³/mol. The van der Waals surface area contributed by atoms with Crippen molar-refractivity contribution in [2.75, 3.05) is 55.6 Å². The van der Waals surface area contributed by atoms with Gasteiger partial charge in [0.25, 0.3) is 17.7 Å². The van der Waals surface area contributed by atoms with E-state index in [9.17, 15) is 24.0 Å². The van der Waals surface area contributed by atoms with Crippen LogP contribution < -0.4 is 25.2 Å². The lowest BCUT2D eigenvalue weighted by molar-refractivity contribution is -0.136. The number of nitrogens with zero attached hydrogens (tertiary/aromatic N) is 7. The zero-order valence-corrected chi connectivity index (χ0v) is 32.5. The molecule has 4 fully saturated rings. The number of ether oxygens (including phenoxy) is 1. The number of hydrogen-bond donors (Lipinski definition) is 2. The number of piperidine rings is 2. The number of fused-ring (bicyclic) bond motifs is 1. The lowest BCUT2D eigenvalue weighted by Crippen LogP contribution is -2.54. The van der Waals surface area contributed by atoms with E-state index in [0.717, 1.165) is 74.9 Å². The average molecular weight is 812 g/mol. The highest BCUT2D eigenvalue weighted by molar-refractivity contribution is 6.31. The first-order chi connectivity index (χ1) is 28.0. The molecule has 0 radical (unpaired) electrons. The number of nitriles is 1. The highest BCUT2D eigenvalue weighted by Crippen LogP contribution is 2.34. The molecule has 8 rings (SSSR count). The Bertz CT molecular complexity index is 2160. The van der Waals surface area contributed by atoms with Crippen molar-refractivity contribution in [2.45, 2.75) is 69.6 Å². The Balaban J connectivity index is 0.764. The van der Waals surface area contributed by atoms with E-state index in [0.29, 0.717) is 48.4 Å². The van der Waals surface area contributed by atoms with Crippen LogP contribution in [0.4, 0.5) is 15.9 Å². The second kappa shape index (κ2) is 16.7. The van der Waals surface area contributed by atoms with Gasteiger partial charge < -0.3 is 19.9 Å². The Morgan fingerprint density at radius 1 is 0.879 bits per heavy atom. The van der Waals surface area contributed by atoms with Gasteiger partial charge in [-0.1, -0.05) is 11.6 Å². The Kier molecular flexibility index (Phi) is 11.3. The lowest BCUT2D eigenvalue weighted by Gasteiger charge is -2.39. The maximum absolute atomic E-state index is 15.4. The van der Waals surface area contributed by atoms with E-state index < -0.39 is 35.5 Å². The van der Waals surface area contributed by atoms with Crippen LogP contribution in [0.2, 0.25) is 5.02 Å². The van der Waals surface area contributed by atoms with Gasteiger partial charge in [-0.15, -0.1) is 10.2 Å². The van der Waals surface area contributed by atoms with Crippen LogP contribution in [-0.2, 0) is 9.59 Å². The maximum atomic E-state index is 15.4. The van der Waals surface area contributed by atoms with Crippen LogP contribution in [0.15, 0.2) is 42.5 Å². The van der Waals surface area contributed by atoms with Crippen LogP contribution >= 0.6 is 11.6 Å².